The third-order valence-electron chi connectivity index (χ3n) is 5.14. The highest BCUT2D eigenvalue weighted by molar-refractivity contribution is 5.85. The summed E-state index contributed by atoms with van der Waals surface area (Å²) in [4.78, 5) is 25.2. The van der Waals surface area contributed by atoms with Crippen LogP contribution < -0.4 is 10.3 Å². The van der Waals surface area contributed by atoms with E-state index in [4.69, 9.17) is 4.74 Å². The molecule has 0 bridgehead atoms. The van der Waals surface area contributed by atoms with Gasteiger partial charge in [-0.15, -0.1) is 0 Å². The van der Waals surface area contributed by atoms with E-state index in [1.807, 2.05) is 29.2 Å². The molecule has 0 unspecified atom stereocenters. The van der Waals surface area contributed by atoms with Crippen molar-refractivity contribution in [3.8, 4) is 0 Å². The lowest BCUT2D eigenvalue weighted by Crippen LogP contribution is -2.36. The molecule has 31 heavy (non-hydrogen) atoms. The lowest BCUT2D eigenvalue weighted by Gasteiger charge is -2.28. The second-order valence-electron chi connectivity index (χ2n) is 8.52. The average Bonchev–Trinajstić information content (AvgIpc) is 2.74. The summed E-state index contributed by atoms with van der Waals surface area (Å²) in [5, 5.41) is 15.5. The molecule has 1 aliphatic heterocycles. The maximum absolute atomic E-state index is 12.2. The Bertz CT molecular complexity index is 959. The summed E-state index contributed by atoms with van der Waals surface area (Å²) in [5.41, 5.74) is 5.76. The molecule has 1 N–H and O–H groups in total. The maximum Gasteiger partial charge on any atom is 0.293 e. The van der Waals surface area contributed by atoms with Crippen LogP contribution in [-0.4, -0.2) is 43.3 Å². The molecule has 164 valence electrons. The second kappa shape index (κ2) is 9.70. The van der Waals surface area contributed by atoms with Gasteiger partial charge in [-0.05, 0) is 22.6 Å². The topological polar surface area (TPSA) is 97.1 Å². The van der Waals surface area contributed by atoms with Crippen LogP contribution in [0.3, 0.4) is 0 Å². The minimum absolute atomic E-state index is 0.0103. The van der Waals surface area contributed by atoms with Crippen LogP contribution in [-0.2, 0) is 21.4 Å². The molecule has 0 aliphatic carbocycles. The Morgan fingerprint density at radius 2 is 1.87 bits per heavy atom. The van der Waals surface area contributed by atoms with Crippen molar-refractivity contribution in [3.63, 3.8) is 0 Å². The molecule has 2 aromatic carbocycles. The molecule has 1 fully saturated rings. The Balaban J connectivity index is 1.61. The van der Waals surface area contributed by atoms with Crippen LogP contribution in [0.5, 0.6) is 0 Å². The number of ether oxygens (including phenoxy) is 1. The summed E-state index contributed by atoms with van der Waals surface area (Å²) in [6.07, 6.45) is 1.62. The van der Waals surface area contributed by atoms with Crippen LogP contribution in [0.4, 0.5) is 11.4 Å². The van der Waals surface area contributed by atoms with Crippen molar-refractivity contribution in [2.24, 2.45) is 5.10 Å². The molecule has 2 aromatic rings. The zero-order chi connectivity index (χ0) is 22.4. The van der Waals surface area contributed by atoms with E-state index in [0.29, 0.717) is 37.6 Å². The number of hydrogen-bond acceptors (Lipinski definition) is 6. The van der Waals surface area contributed by atoms with E-state index in [1.165, 1.54) is 17.8 Å². The molecule has 0 radical (unpaired) electrons. The van der Waals surface area contributed by atoms with E-state index in [1.54, 1.807) is 12.1 Å². The van der Waals surface area contributed by atoms with Crippen LogP contribution in [0.1, 0.15) is 37.5 Å². The predicted molar refractivity (Wildman–Crippen MR) is 121 cm³/mol. The van der Waals surface area contributed by atoms with E-state index in [2.05, 4.69) is 31.3 Å². The normalized spacial score (nSPS) is 14.6. The van der Waals surface area contributed by atoms with Gasteiger partial charge in [0, 0.05) is 24.7 Å². The summed E-state index contributed by atoms with van der Waals surface area (Å²) < 4.78 is 5.31. The molecule has 8 nitrogen and oxygen atoms in total. The first-order valence-electron chi connectivity index (χ1n) is 10.3. The first-order chi connectivity index (χ1) is 14.7. The smallest absolute Gasteiger partial charge is 0.293 e. The third-order valence-corrected chi connectivity index (χ3v) is 5.14. The number of hydrazone groups is 1. The number of nitro groups is 1. The van der Waals surface area contributed by atoms with Gasteiger partial charge in [-0.1, -0.05) is 51.1 Å². The Morgan fingerprint density at radius 3 is 2.48 bits per heavy atom. The molecule has 1 amide bonds. The van der Waals surface area contributed by atoms with Gasteiger partial charge in [0.2, 0.25) is 5.91 Å². The summed E-state index contributed by atoms with van der Waals surface area (Å²) in [6.45, 7) is 8.74. The van der Waals surface area contributed by atoms with Gasteiger partial charge in [-0.3, -0.25) is 14.9 Å². The number of hydrogen-bond donors (Lipinski definition) is 1. The van der Waals surface area contributed by atoms with Crippen molar-refractivity contribution in [2.45, 2.75) is 32.6 Å². The molecule has 1 saturated heterocycles. The fourth-order valence-corrected chi connectivity index (χ4v) is 3.36. The van der Waals surface area contributed by atoms with E-state index < -0.39 is 4.92 Å². The average molecular weight is 425 g/mol. The monoisotopic (exact) mass is 424 g/mol. The van der Waals surface area contributed by atoms with Crippen molar-refractivity contribution in [2.75, 3.05) is 31.2 Å². The zero-order valence-electron chi connectivity index (χ0n) is 18.1. The van der Waals surface area contributed by atoms with Crippen LogP contribution >= 0.6 is 0 Å². The maximum atomic E-state index is 12.2. The second-order valence-corrected chi connectivity index (χ2v) is 8.52. The van der Waals surface area contributed by atoms with Crippen molar-refractivity contribution in [1.82, 2.24) is 5.43 Å². The van der Waals surface area contributed by atoms with Crippen molar-refractivity contribution in [3.05, 3.63) is 69.3 Å². The first-order valence-corrected chi connectivity index (χ1v) is 10.3. The number of morpholine rings is 1. The largest absolute Gasteiger partial charge is 0.378 e. The van der Waals surface area contributed by atoms with Crippen LogP contribution in [0.25, 0.3) is 0 Å². The fourth-order valence-electron chi connectivity index (χ4n) is 3.36. The Kier molecular flexibility index (Phi) is 7.02. The van der Waals surface area contributed by atoms with Gasteiger partial charge in [-0.25, -0.2) is 5.43 Å². The van der Waals surface area contributed by atoms with Crippen molar-refractivity contribution >= 4 is 23.5 Å². The molecular weight excluding hydrogens is 396 g/mol. The number of nitrogens with zero attached hydrogens (tertiary/aromatic N) is 3. The quantitative estimate of drug-likeness (QED) is 0.435. The predicted octanol–water partition coefficient (Wildman–Crippen LogP) is 3.42. The Labute approximate surface area is 182 Å². The molecule has 3 rings (SSSR count). The summed E-state index contributed by atoms with van der Waals surface area (Å²) >= 11 is 0. The lowest BCUT2D eigenvalue weighted by atomic mass is 9.86. The van der Waals surface area contributed by atoms with Crippen LogP contribution in [0, 0.1) is 10.1 Å². The molecule has 1 heterocycles. The number of amides is 1. The minimum Gasteiger partial charge on any atom is -0.378 e. The lowest BCUT2D eigenvalue weighted by molar-refractivity contribution is -0.384. The highest BCUT2D eigenvalue weighted by atomic mass is 16.6. The van der Waals surface area contributed by atoms with Gasteiger partial charge in [0.25, 0.3) is 5.69 Å². The van der Waals surface area contributed by atoms with Gasteiger partial charge in [0.1, 0.15) is 5.69 Å². The number of benzene rings is 2. The van der Waals surface area contributed by atoms with Crippen LogP contribution in [0.15, 0.2) is 47.6 Å². The van der Waals surface area contributed by atoms with Gasteiger partial charge in [0.05, 0.1) is 30.8 Å². The van der Waals surface area contributed by atoms with E-state index in [9.17, 15) is 14.9 Å². The molecule has 0 atom stereocenters. The third kappa shape index (κ3) is 6.11. The molecule has 0 saturated carbocycles. The first kappa shape index (κ1) is 22.4. The number of carbonyl (C=O) groups is 1. The van der Waals surface area contributed by atoms with E-state index >= 15 is 0 Å². The molecule has 0 spiro atoms. The van der Waals surface area contributed by atoms with Gasteiger partial charge >= 0.3 is 0 Å². The van der Waals surface area contributed by atoms with Gasteiger partial charge in [0.15, 0.2) is 0 Å². The highest BCUT2D eigenvalue weighted by Crippen LogP contribution is 2.29. The molecule has 1 aliphatic rings. The summed E-state index contributed by atoms with van der Waals surface area (Å²) in [7, 11) is 0. The summed E-state index contributed by atoms with van der Waals surface area (Å²) in [6, 6.07) is 12.9. The SMILES string of the molecule is CC(C)(C)c1ccc(CC(=O)N/N=C\c2ccc(N3CCOCC3)c([N+](=O)[O-])c2)cc1. The number of anilines is 1. The highest BCUT2D eigenvalue weighted by Gasteiger charge is 2.21. The molecular formula is C23H28N4O4. The standard InChI is InChI=1S/C23H28N4O4/c1-23(2,3)19-7-4-17(5-8-19)15-22(28)25-24-16-18-6-9-20(21(14-18)27(29)30)26-10-12-31-13-11-26/h4-9,14,16H,10-13,15H2,1-3H3,(H,25,28)/b24-16-. The fraction of sp³-hybridized carbons (Fsp3) is 0.391. The zero-order valence-corrected chi connectivity index (χ0v) is 18.1. The van der Waals surface area contributed by atoms with Crippen molar-refractivity contribution in [1.29, 1.82) is 0 Å². The van der Waals surface area contributed by atoms with Gasteiger partial charge in [-0.2, -0.15) is 5.10 Å². The number of rotatable bonds is 6. The van der Waals surface area contributed by atoms with E-state index in [0.717, 1.165) is 5.56 Å². The van der Waals surface area contributed by atoms with E-state index in [-0.39, 0.29) is 23.4 Å². The summed E-state index contributed by atoms with van der Waals surface area (Å²) in [5.74, 6) is -0.251. The number of nitro benzene ring substituents is 1. The molecule has 8 heteroatoms. The minimum atomic E-state index is -0.401. The Hall–Kier alpha value is -3.26. The van der Waals surface area contributed by atoms with Crippen LogP contribution in [0.2, 0.25) is 0 Å². The Morgan fingerprint density at radius 1 is 1.19 bits per heavy atom. The number of nitrogens with one attached hydrogen (secondary N) is 1. The van der Waals surface area contributed by atoms with Gasteiger partial charge < -0.3 is 9.64 Å². The van der Waals surface area contributed by atoms with Crippen molar-refractivity contribution < 1.29 is 14.5 Å². The number of carbonyl (C=O) groups excluding carboxylic acids is 1. The molecule has 0 aromatic heterocycles.